The van der Waals surface area contributed by atoms with Crippen LogP contribution in [0.1, 0.15) is 13.3 Å². The van der Waals surface area contributed by atoms with Crippen LogP contribution in [-0.2, 0) is 4.74 Å². The minimum Gasteiger partial charge on any atom is -0.459 e. The molecular weight excluding hydrogens is 261 g/mol. The molecule has 1 atom stereocenters. The number of hydrogen-bond donors (Lipinski definition) is 2. The van der Waals surface area contributed by atoms with Gasteiger partial charge in [0.05, 0.1) is 5.69 Å². The second kappa shape index (κ2) is 8.16. The molecular formula is C14H20FN3O2. The predicted octanol–water partition coefficient (Wildman–Crippen LogP) is 2.80. The fourth-order valence-corrected chi connectivity index (χ4v) is 1.63. The molecule has 0 amide bonds. The summed E-state index contributed by atoms with van der Waals surface area (Å²) >= 11 is 0. The van der Waals surface area contributed by atoms with Gasteiger partial charge in [0.1, 0.15) is 0 Å². The smallest absolute Gasteiger partial charge is 0.203 e. The van der Waals surface area contributed by atoms with Crippen molar-refractivity contribution in [1.29, 1.82) is 0 Å². The summed E-state index contributed by atoms with van der Waals surface area (Å²) < 4.78 is 24.9. The van der Waals surface area contributed by atoms with E-state index in [0.29, 0.717) is 24.4 Å². The van der Waals surface area contributed by atoms with Crippen LogP contribution in [0.4, 0.5) is 15.8 Å². The van der Waals surface area contributed by atoms with Crippen LogP contribution in [0.3, 0.4) is 0 Å². The Kier molecular flexibility index (Phi) is 6.52. The van der Waals surface area contributed by atoms with Gasteiger partial charge >= 0.3 is 0 Å². The molecule has 0 aliphatic carbocycles. The maximum atomic E-state index is 13.9. The van der Waals surface area contributed by atoms with Crippen molar-refractivity contribution in [3.63, 3.8) is 0 Å². The number of halogens is 1. The highest BCUT2D eigenvalue weighted by molar-refractivity contribution is 5.63. The van der Waals surface area contributed by atoms with Crippen molar-refractivity contribution < 1.29 is 13.9 Å². The number of nitrogens with one attached hydrogen (secondary N) is 1. The molecule has 0 radical (unpaired) electrons. The molecule has 20 heavy (non-hydrogen) atoms. The van der Waals surface area contributed by atoms with Crippen molar-refractivity contribution in [1.82, 2.24) is 0 Å². The topological polar surface area (TPSA) is 68.9 Å². The molecule has 0 heterocycles. The molecule has 6 heteroatoms. The Hall–Kier alpha value is -2.08. The van der Waals surface area contributed by atoms with Gasteiger partial charge in [-0.1, -0.05) is 6.08 Å². The first kappa shape index (κ1) is 16.0. The molecule has 0 aliphatic heterocycles. The summed E-state index contributed by atoms with van der Waals surface area (Å²) in [6.07, 6.45) is 3.10. The van der Waals surface area contributed by atoms with E-state index in [-0.39, 0.29) is 5.75 Å². The Labute approximate surface area is 118 Å². The first-order valence-corrected chi connectivity index (χ1v) is 6.28. The highest BCUT2D eigenvalue weighted by Gasteiger charge is 2.16. The molecule has 1 aromatic rings. The summed E-state index contributed by atoms with van der Waals surface area (Å²) in [5.74, 6) is -0.454. The lowest BCUT2D eigenvalue weighted by Gasteiger charge is -2.20. The van der Waals surface area contributed by atoms with E-state index in [9.17, 15) is 4.39 Å². The summed E-state index contributed by atoms with van der Waals surface area (Å²) in [5, 5.41) is 2.84. The van der Waals surface area contributed by atoms with Gasteiger partial charge in [-0.3, -0.25) is 4.99 Å². The van der Waals surface area contributed by atoms with Gasteiger partial charge in [-0.05, 0) is 19.7 Å². The van der Waals surface area contributed by atoms with E-state index in [1.165, 1.54) is 12.3 Å². The third-order valence-corrected chi connectivity index (χ3v) is 2.48. The van der Waals surface area contributed by atoms with E-state index in [4.69, 9.17) is 15.2 Å². The summed E-state index contributed by atoms with van der Waals surface area (Å²) in [6.45, 7) is 5.62. The average molecular weight is 281 g/mol. The van der Waals surface area contributed by atoms with Crippen LogP contribution < -0.4 is 15.8 Å². The van der Waals surface area contributed by atoms with Crippen molar-refractivity contribution >= 4 is 18.1 Å². The van der Waals surface area contributed by atoms with Crippen LogP contribution in [-0.4, -0.2) is 26.7 Å². The number of hydrogen-bond acceptors (Lipinski definition) is 5. The number of ether oxygens (including phenoxy) is 2. The number of benzene rings is 1. The highest BCUT2D eigenvalue weighted by Crippen LogP contribution is 2.31. The van der Waals surface area contributed by atoms with E-state index in [1.54, 1.807) is 19.2 Å². The van der Waals surface area contributed by atoms with Gasteiger partial charge in [0.15, 0.2) is 11.6 Å². The summed E-state index contributed by atoms with van der Waals surface area (Å²) in [4.78, 5) is 3.59. The number of nitrogens with two attached hydrogens (primary N) is 1. The maximum Gasteiger partial charge on any atom is 0.203 e. The molecule has 1 aromatic carbocycles. The molecule has 0 fully saturated rings. The van der Waals surface area contributed by atoms with E-state index in [1.807, 2.05) is 6.92 Å². The molecule has 1 rings (SSSR count). The number of nitrogens with zero attached hydrogens (tertiary/aromatic N) is 1. The Morgan fingerprint density at radius 1 is 1.55 bits per heavy atom. The van der Waals surface area contributed by atoms with Crippen LogP contribution in [0.15, 0.2) is 29.4 Å². The van der Waals surface area contributed by atoms with Gasteiger partial charge in [-0.15, -0.1) is 0 Å². The van der Waals surface area contributed by atoms with E-state index in [0.717, 1.165) is 0 Å². The van der Waals surface area contributed by atoms with Crippen molar-refractivity contribution in [3.8, 4) is 5.75 Å². The summed E-state index contributed by atoms with van der Waals surface area (Å²) in [6, 6.07) is 2.81. The highest BCUT2D eigenvalue weighted by atomic mass is 19.1. The third-order valence-electron chi connectivity index (χ3n) is 2.48. The molecule has 0 bridgehead atoms. The Morgan fingerprint density at radius 3 is 2.90 bits per heavy atom. The van der Waals surface area contributed by atoms with Gasteiger partial charge in [0.25, 0.3) is 0 Å². The Bertz CT molecular complexity index is 478. The molecule has 1 unspecified atom stereocenters. The number of aliphatic imine (C=N–C) groups is 1. The lowest BCUT2D eigenvalue weighted by Crippen LogP contribution is -2.21. The average Bonchev–Trinajstić information content (AvgIpc) is 2.41. The van der Waals surface area contributed by atoms with Crippen molar-refractivity contribution in [2.45, 2.75) is 19.6 Å². The van der Waals surface area contributed by atoms with Gasteiger partial charge in [-0.25, -0.2) is 4.39 Å². The monoisotopic (exact) mass is 281 g/mol. The maximum absolute atomic E-state index is 13.9. The van der Waals surface area contributed by atoms with Gasteiger partial charge in [0, 0.05) is 38.0 Å². The molecule has 0 saturated carbocycles. The summed E-state index contributed by atoms with van der Waals surface area (Å²) in [5.41, 5.74) is 6.39. The minimum absolute atomic E-state index is 0.0834. The zero-order chi connectivity index (χ0) is 15.0. The molecule has 0 aromatic heterocycles. The SMILES string of the molecule is C=N/C=C\CC(OCC)Oc1c(F)cc(N)cc1NC. The zero-order valence-electron chi connectivity index (χ0n) is 11.7. The standard InChI is InChI=1S/C14H20FN3O2/c1-4-19-13(6-5-7-17-2)20-14-11(15)8-10(16)9-12(14)18-3/h5,7-9,13,18H,2,4,6,16H2,1,3H3/b7-5-. The fourth-order valence-electron chi connectivity index (χ4n) is 1.63. The summed E-state index contributed by atoms with van der Waals surface area (Å²) in [7, 11) is 1.66. The van der Waals surface area contributed by atoms with Crippen molar-refractivity contribution in [3.05, 3.63) is 30.2 Å². The zero-order valence-corrected chi connectivity index (χ0v) is 11.7. The number of nitrogen functional groups attached to an aromatic ring is 1. The quantitative estimate of drug-likeness (QED) is 0.437. The largest absolute Gasteiger partial charge is 0.459 e. The normalized spacial score (nSPS) is 12.3. The molecule has 0 spiro atoms. The predicted molar refractivity (Wildman–Crippen MR) is 79.7 cm³/mol. The van der Waals surface area contributed by atoms with Crippen molar-refractivity contribution in [2.75, 3.05) is 24.7 Å². The third kappa shape index (κ3) is 4.55. The van der Waals surface area contributed by atoms with Crippen LogP contribution in [0.2, 0.25) is 0 Å². The second-order valence-electron chi connectivity index (χ2n) is 3.94. The lowest BCUT2D eigenvalue weighted by molar-refractivity contribution is -0.0736. The van der Waals surface area contributed by atoms with Crippen LogP contribution >= 0.6 is 0 Å². The lowest BCUT2D eigenvalue weighted by atomic mass is 10.2. The first-order chi connectivity index (χ1) is 9.62. The van der Waals surface area contributed by atoms with Crippen LogP contribution in [0, 0.1) is 5.82 Å². The van der Waals surface area contributed by atoms with Gasteiger partial charge < -0.3 is 20.5 Å². The van der Waals surface area contributed by atoms with Crippen LogP contribution in [0.5, 0.6) is 5.75 Å². The first-order valence-electron chi connectivity index (χ1n) is 6.28. The molecule has 0 aliphatic rings. The fraction of sp³-hybridized carbons (Fsp3) is 0.357. The molecule has 0 saturated heterocycles. The van der Waals surface area contributed by atoms with E-state index < -0.39 is 12.1 Å². The molecule has 5 nitrogen and oxygen atoms in total. The second-order valence-corrected chi connectivity index (χ2v) is 3.94. The van der Waals surface area contributed by atoms with Gasteiger partial charge in [-0.2, -0.15) is 0 Å². The number of anilines is 2. The van der Waals surface area contributed by atoms with Gasteiger partial charge in [0.2, 0.25) is 6.29 Å². The Balaban J connectivity index is 2.92. The Morgan fingerprint density at radius 2 is 2.30 bits per heavy atom. The number of rotatable bonds is 8. The minimum atomic E-state index is -0.608. The molecule has 110 valence electrons. The molecule has 3 N–H and O–H groups in total. The van der Waals surface area contributed by atoms with E-state index >= 15 is 0 Å². The van der Waals surface area contributed by atoms with E-state index in [2.05, 4.69) is 17.0 Å². The van der Waals surface area contributed by atoms with Crippen LogP contribution in [0.25, 0.3) is 0 Å². The van der Waals surface area contributed by atoms with Crippen molar-refractivity contribution in [2.24, 2.45) is 4.99 Å².